The van der Waals surface area contributed by atoms with Crippen LogP contribution in [0.4, 0.5) is 0 Å². The number of hydrogen-bond donors (Lipinski definition) is 1. The van der Waals surface area contributed by atoms with E-state index in [0.29, 0.717) is 31.4 Å². The maximum absolute atomic E-state index is 11.9. The number of ether oxygens (including phenoxy) is 1. The van der Waals surface area contributed by atoms with Gasteiger partial charge in [0.05, 0.1) is 27.0 Å². The number of thioether (sulfide) groups is 1. The van der Waals surface area contributed by atoms with Gasteiger partial charge in [-0.1, -0.05) is 70.3 Å². The third-order valence-corrected chi connectivity index (χ3v) is 5.58. The highest BCUT2D eigenvalue weighted by molar-refractivity contribution is 7.99. The standard InChI is InChI=1S/C18H12Cl4N4O3S/c19-11-4-5-14(13(21)6-11)28-8-16-25-26-18(29-16)30-9-15(27)24-23-7-10-2-1-3-12(20)17(10)22/h1-7H,8-9H2,(H,24,27)/b23-7-. The Morgan fingerprint density at radius 1 is 1.17 bits per heavy atom. The van der Waals surface area contributed by atoms with Crippen molar-refractivity contribution in [2.75, 3.05) is 5.75 Å². The van der Waals surface area contributed by atoms with Gasteiger partial charge in [0.1, 0.15) is 5.75 Å². The van der Waals surface area contributed by atoms with Crippen molar-refractivity contribution in [3.63, 3.8) is 0 Å². The van der Waals surface area contributed by atoms with E-state index in [1.54, 1.807) is 36.4 Å². The Balaban J connectivity index is 1.45. The summed E-state index contributed by atoms with van der Waals surface area (Å²) in [6.07, 6.45) is 1.40. The molecular weight excluding hydrogens is 494 g/mol. The van der Waals surface area contributed by atoms with Crippen molar-refractivity contribution in [3.8, 4) is 5.75 Å². The highest BCUT2D eigenvalue weighted by atomic mass is 35.5. The SMILES string of the molecule is O=C(CSc1nnc(COc2ccc(Cl)cc2Cl)o1)N/N=C\c1cccc(Cl)c1Cl. The van der Waals surface area contributed by atoms with E-state index in [2.05, 4.69) is 20.7 Å². The molecule has 0 saturated heterocycles. The third kappa shape index (κ3) is 6.52. The van der Waals surface area contributed by atoms with Gasteiger partial charge in [0, 0.05) is 10.6 Å². The van der Waals surface area contributed by atoms with Gasteiger partial charge in [0.2, 0.25) is 0 Å². The van der Waals surface area contributed by atoms with E-state index in [9.17, 15) is 4.79 Å². The molecular formula is C18H12Cl4N4O3S. The zero-order valence-corrected chi connectivity index (χ0v) is 18.8. The number of halogens is 4. The molecule has 0 atom stereocenters. The number of hydrazone groups is 1. The summed E-state index contributed by atoms with van der Waals surface area (Å²) in [5, 5.41) is 13.4. The van der Waals surface area contributed by atoms with E-state index >= 15 is 0 Å². The Hall–Kier alpha value is -1.97. The molecule has 0 fully saturated rings. The number of rotatable bonds is 8. The molecule has 0 radical (unpaired) electrons. The zero-order chi connectivity index (χ0) is 21.5. The predicted octanol–water partition coefficient (Wildman–Crippen LogP) is 5.50. The Kier molecular flexibility index (Phi) is 8.24. The van der Waals surface area contributed by atoms with Crippen molar-refractivity contribution in [2.24, 2.45) is 5.10 Å². The lowest BCUT2D eigenvalue weighted by molar-refractivity contribution is -0.118. The fourth-order valence-electron chi connectivity index (χ4n) is 2.04. The summed E-state index contributed by atoms with van der Waals surface area (Å²) in [5.74, 6) is 0.327. The quantitative estimate of drug-likeness (QED) is 0.247. The molecule has 1 aromatic heterocycles. The Labute approximate surface area is 195 Å². The summed E-state index contributed by atoms with van der Waals surface area (Å²) in [6, 6.07) is 9.96. The molecule has 156 valence electrons. The molecule has 2 aromatic carbocycles. The minimum atomic E-state index is -0.363. The van der Waals surface area contributed by atoms with Crippen LogP contribution in [0.1, 0.15) is 11.5 Å². The molecule has 12 heteroatoms. The second-order valence-electron chi connectivity index (χ2n) is 5.55. The number of carbonyl (C=O) groups is 1. The minimum absolute atomic E-state index is 0.0196. The fourth-order valence-corrected chi connectivity index (χ4v) is 3.43. The van der Waals surface area contributed by atoms with Crippen molar-refractivity contribution in [1.29, 1.82) is 0 Å². The molecule has 3 aromatic rings. The minimum Gasteiger partial charge on any atom is -0.482 e. The van der Waals surface area contributed by atoms with Crippen LogP contribution in [0, 0.1) is 0 Å². The van der Waals surface area contributed by atoms with Crippen molar-refractivity contribution >= 4 is 70.3 Å². The molecule has 0 spiro atoms. The van der Waals surface area contributed by atoms with E-state index in [-0.39, 0.29) is 29.4 Å². The van der Waals surface area contributed by atoms with Crippen molar-refractivity contribution < 1.29 is 13.9 Å². The van der Waals surface area contributed by atoms with Crippen LogP contribution >= 0.6 is 58.2 Å². The summed E-state index contributed by atoms with van der Waals surface area (Å²) >= 11 is 24.9. The lowest BCUT2D eigenvalue weighted by Crippen LogP contribution is -2.19. The molecule has 0 saturated carbocycles. The zero-order valence-electron chi connectivity index (χ0n) is 14.9. The molecule has 0 aliphatic heterocycles. The molecule has 3 rings (SSSR count). The number of benzene rings is 2. The van der Waals surface area contributed by atoms with E-state index < -0.39 is 0 Å². The summed E-state index contributed by atoms with van der Waals surface area (Å²) in [7, 11) is 0. The van der Waals surface area contributed by atoms with Gasteiger partial charge in [-0.25, -0.2) is 5.43 Å². The first-order chi connectivity index (χ1) is 14.4. The summed E-state index contributed by atoms with van der Waals surface area (Å²) in [5.41, 5.74) is 2.96. The Morgan fingerprint density at radius 3 is 2.80 bits per heavy atom. The first kappa shape index (κ1) is 22.7. The predicted molar refractivity (Wildman–Crippen MR) is 118 cm³/mol. The third-order valence-electron chi connectivity index (χ3n) is 3.39. The second-order valence-corrected chi connectivity index (χ2v) is 8.11. The molecule has 0 aliphatic rings. The van der Waals surface area contributed by atoms with E-state index in [4.69, 9.17) is 55.6 Å². The van der Waals surface area contributed by atoms with Gasteiger partial charge in [-0.15, -0.1) is 10.2 Å². The average molecular weight is 506 g/mol. The van der Waals surface area contributed by atoms with Gasteiger partial charge < -0.3 is 9.15 Å². The van der Waals surface area contributed by atoms with Crippen molar-refractivity contribution in [1.82, 2.24) is 15.6 Å². The highest BCUT2D eigenvalue weighted by Crippen LogP contribution is 2.28. The van der Waals surface area contributed by atoms with E-state index in [1.807, 2.05) is 0 Å². The van der Waals surface area contributed by atoms with Gasteiger partial charge in [-0.2, -0.15) is 5.10 Å². The van der Waals surface area contributed by atoms with Crippen LogP contribution in [0.15, 0.2) is 51.1 Å². The van der Waals surface area contributed by atoms with E-state index in [1.165, 1.54) is 6.21 Å². The lowest BCUT2D eigenvalue weighted by Gasteiger charge is -2.05. The number of aromatic nitrogens is 2. The van der Waals surface area contributed by atoms with Gasteiger partial charge >= 0.3 is 0 Å². The Morgan fingerprint density at radius 2 is 2.00 bits per heavy atom. The van der Waals surface area contributed by atoms with Gasteiger partial charge in [-0.3, -0.25) is 4.79 Å². The topological polar surface area (TPSA) is 89.6 Å². The molecule has 0 aliphatic carbocycles. The maximum atomic E-state index is 11.9. The summed E-state index contributed by atoms with van der Waals surface area (Å²) in [4.78, 5) is 11.9. The van der Waals surface area contributed by atoms with Crippen LogP contribution < -0.4 is 10.2 Å². The molecule has 0 unspecified atom stereocenters. The van der Waals surface area contributed by atoms with Crippen LogP contribution in [0.25, 0.3) is 0 Å². The fraction of sp³-hybridized carbons (Fsp3) is 0.111. The maximum Gasteiger partial charge on any atom is 0.277 e. The normalized spacial score (nSPS) is 11.1. The molecule has 1 amide bonds. The molecule has 0 bridgehead atoms. The molecule has 7 nitrogen and oxygen atoms in total. The molecule has 1 N–H and O–H groups in total. The number of carbonyl (C=O) groups excluding carboxylic acids is 1. The van der Waals surface area contributed by atoms with Crippen LogP contribution in [0.3, 0.4) is 0 Å². The van der Waals surface area contributed by atoms with E-state index in [0.717, 1.165) is 11.8 Å². The Bertz CT molecular complexity index is 1080. The largest absolute Gasteiger partial charge is 0.482 e. The first-order valence-corrected chi connectivity index (χ1v) is 10.7. The number of nitrogens with zero attached hydrogens (tertiary/aromatic N) is 3. The smallest absolute Gasteiger partial charge is 0.277 e. The summed E-state index contributed by atoms with van der Waals surface area (Å²) in [6.45, 7) is 0.0196. The lowest BCUT2D eigenvalue weighted by atomic mass is 10.2. The van der Waals surface area contributed by atoms with Crippen LogP contribution in [-0.2, 0) is 11.4 Å². The molecule has 1 heterocycles. The number of nitrogens with one attached hydrogen (secondary N) is 1. The van der Waals surface area contributed by atoms with Crippen LogP contribution in [0.5, 0.6) is 5.75 Å². The number of amides is 1. The van der Waals surface area contributed by atoms with Crippen LogP contribution in [-0.4, -0.2) is 28.1 Å². The second kappa shape index (κ2) is 10.9. The summed E-state index contributed by atoms with van der Waals surface area (Å²) < 4.78 is 10.9. The van der Waals surface area contributed by atoms with Gasteiger partial charge in [0.25, 0.3) is 17.0 Å². The van der Waals surface area contributed by atoms with Crippen LogP contribution in [0.2, 0.25) is 20.1 Å². The monoisotopic (exact) mass is 504 g/mol. The van der Waals surface area contributed by atoms with Crippen molar-refractivity contribution in [3.05, 3.63) is 67.9 Å². The highest BCUT2D eigenvalue weighted by Gasteiger charge is 2.11. The average Bonchev–Trinajstić information content (AvgIpc) is 3.17. The first-order valence-electron chi connectivity index (χ1n) is 8.21. The number of hydrogen-bond acceptors (Lipinski definition) is 7. The van der Waals surface area contributed by atoms with Gasteiger partial charge in [-0.05, 0) is 24.3 Å². The molecule has 30 heavy (non-hydrogen) atoms. The van der Waals surface area contributed by atoms with Crippen molar-refractivity contribution in [2.45, 2.75) is 11.8 Å². The van der Waals surface area contributed by atoms with Gasteiger partial charge in [0.15, 0.2) is 6.61 Å².